The van der Waals surface area contributed by atoms with Gasteiger partial charge in [-0.3, -0.25) is 0 Å². The van der Waals surface area contributed by atoms with E-state index >= 15 is 0 Å². The summed E-state index contributed by atoms with van der Waals surface area (Å²) in [7, 11) is -5.96. The Morgan fingerprint density at radius 2 is 1.50 bits per heavy atom. The lowest BCUT2D eigenvalue weighted by Crippen LogP contribution is -2.40. The molecule has 0 amide bonds. The molecule has 0 atom stereocenters. The van der Waals surface area contributed by atoms with Crippen molar-refractivity contribution in [2.24, 2.45) is 5.14 Å². The summed E-state index contributed by atoms with van der Waals surface area (Å²) in [6, 6.07) is 6.08. The highest BCUT2D eigenvalue weighted by molar-refractivity contribution is 7.89. The van der Waals surface area contributed by atoms with Crippen molar-refractivity contribution in [2.45, 2.75) is 11.3 Å². The maximum Gasteiger partial charge on any atom is 0.276 e. The van der Waals surface area contributed by atoms with E-state index in [-0.39, 0.29) is 31.1 Å². The van der Waals surface area contributed by atoms with Crippen LogP contribution in [0.3, 0.4) is 0 Å². The van der Waals surface area contributed by atoms with Gasteiger partial charge in [-0.15, -0.1) is 0 Å². The quantitative estimate of drug-likeness (QED) is 0.795. The van der Waals surface area contributed by atoms with E-state index in [1.165, 1.54) is 23.5 Å². The predicted molar refractivity (Wildman–Crippen MR) is 81.1 cm³/mol. The summed E-state index contributed by atoms with van der Waals surface area (Å²) in [5.41, 5.74) is 0. The number of ether oxygens (including phenoxy) is 1. The molecule has 0 radical (unpaired) electrons. The molecule has 8 nitrogen and oxygen atoms in total. The molecule has 0 spiro atoms. The lowest BCUT2D eigenvalue weighted by molar-refractivity contribution is 0.404. The molecular weight excluding hydrogens is 330 g/mol. The summed E-state index contributed by atoms with van der Waals surface area (Å²) in [6.45, 7) is 0.590. The molecule has 1 aromatic carbocycles. The van der Waals surface area contributed by atoms with E-state index in [1.54, 1.807) is 12.1 Å². The Balaban J connectivity index is 2.19. The van der Waals surface area contributed by atoms with Gasteiger partial charge in [0.25, 0.3) is 10.2 Å². The minimum Gasteiger partial charge on any atom is -0.497 e. The topological polar surface area (TPSA) is 110 Å². The Morgan fingerprint density at radius 3 is 2.05 bits per heavy atom. The summed E-state index contributed by atoms with van der Waals surface area (Å²) in [5.74, 6) is 0.565. The maximum absolute atomic E-state index is 12.6. The minimum absolute atomic E-state index is 0.0498. The molecule has 0 unspecified atom stereocenters. The molecule has 2 rings (SSSR count). The standard InChI is InChI=1S/C12H19N3O5S2/c1-20-11-3-5-12(6-4-11)21(16,17)14-7-2-8-15(10-9-14)22(13,18)19/h3-6H,2,7-10H2,1H3,(H2,13,18,19). The van der Waals surface area contributed by atoms with Gasteiger partial charge in [0, 0.05) is 26.2 Å². The van der Waals surface area contributed by atoms with E-state index in [2.05, 4.69) is 0 Å². The van der Waals surface area contributed by atoms with Gasteiger partial charge in [0.1, 0.15) is 5.75 Å². The van der Waals surface area contributed by atoms with E-state index in [4.69, 9.17) is 9.88 Å². The molecule has 2 N–H and O–H groups in total. The molecule has 1 saturated heterocycles. The van der Waals surface area contributed by atoms with Crippen LogP contribution in [-0.4, -0.2) is 58.7 Å². The Labute approximate surface area is 130 Å². The molecule has 124 valence electrons. The van der Waals surface area contributed by atoms with Crippen LogP contribution in [-0.2, 0) is 20.2 Å². The van der Waals surface area contributed by atoms with Crippen molar-refractivity contribution in [3.63, 3.8) is 0 Å². The molecule has 1 fully saturated rings. The second-order valence-electron chi connectivity index (χ2n) is 4.88. The van der Waals surface area contributed by atoms with Crippen LogP contribution in [0.4, 0.5) is 0 Å². The average molecular weight is 349 g/mol. The maximum atomic E-state index is 12.6. The summed E-state index contributed by atoms with van der Waals surface area (Å²) >= 11 is 0. The molecule has 1 heterocycles. The normalized spacial score (nSPS) is 18.8. The first-order valence-electron chi connectivity index (χ1n) is 6.67. The van der Waals surface area contributed by atoms with Gasteiger partial charge in [-0.1, -0.05) is 0 Å². The molecule has 10 heteroatoms. The number of nitrogens with zero attached hydrogens (tertiary/aromatic N) is 2. The minimum atomic E-state index is -3.80. The largest absolute Gasteiger partial charge is 0.497 e. The first-order chi connectivity index (χ1) is 10.2. The van der Waals surface area contributed by atoms with E-state index in [9.17, 15) is 16.8 Å². The highest BCUT2D eigenvalue weighted by atomic mass is 32.2. The van der Waals surface area contributed by atoms with E-state index < -0.39 is 20.2 Å². The monoisotopic (exact) mass is 349 g/mol. The number of hydrogen-bond acceptors (Lipinski definition) is 5. The van der Waals surface area contributed by atoms with Crippen LogP contribution in [0, 0.1) is 0 Å². The number of sulfonamides is 1. The van der Waals surface area contributed by atoms with Crippen molar-refractivity contribution < 1.29 is 21.6 Å². The Kier molecular flexibility index (Phi) is 5.07. The molecule has 0 saturated carbocycles. The number of hydrogen-bond donors (Lipinski definition) is 1. The average Bonchev–Trinajstić information content (AvgIpc) is 2.73. The highest BCUT2D eigenvalue weighted by Crippen LogP contribution is 2.21. The van der Waals surface area contributed by atoms with Crippen molar-refractivity contribution >= 4 is 20.2 Å². The third kappa shape index (κ3) is 3.76. The Morgan fingerprint density at radius 1 is 0.955 bits per heavy atom. The Bertz CT molecular complexity index is 716. The Hall–Kier alpha value is -1.20. The van der Waals surface area contributed by atoms with Crippen LogP contribution >= 0.6 is 0 Å². The summed E-state index contributed by atoms with van der Waals surface area (Å²) in [5, 5.41) is 5.09. The summed E-state index contributed by atoms with van der Waals surface area (Å²) < 4.78 is 55.3. The van der Waals surface area contributed by atoms with Crippen LogP contribution < -0.4 is 9.88 Å². The number of nitrogens with two attached hydrogens (primary N) is 1. The SMILES string of the molecule is COc1ccc(S(=O)(=O)N2CCCN(S(N)(=O)=O)CC2)cc1. The summed E-state index contributed by atoms with van der Waals surface area (Å²) in [4.78, 5) is 0.150. The van der Waals surface area contributed by atoms with Gasteiger partial charge in [0.15, 0.2) is 0 Å². The smallest absolute Gasteiger partial charge is 0.276 e. The second-order valence-corrected chi connectivity index (χ2v) is 8.36. The fraction of sp³-hybridized carbons (Fsp3) is 0.500. The molecule has 1 aliphatic rings. The second kappa shape index (κ2) is 6.50. The molecule has 1 aromatic rings. The molecular formula is C12H19N3O5S2. The zero-order chi connectivity index (χ0) is 16.4. The highest BCUT2D eigenvalue weighted by Gasteiger charge is 2.29. The molecule has 1 aliphatic heterocycles. The van der Waals surface area contributed by atoms with Crippen LogP contribution in [0.25, 0.3) is 0 Å². The van der Waals surface area contributed by atoms with Gasteiger partial charge in [-0.25, -0.2) is 13.6 Å². The van der Waals surface area contributed by atoms with Gasteiger partial charge in [0.05, 0.1) is 12.0 Å². The zero-order valence-electron chi connectivity index (χ0n) is 12.2. The number of methoxy groups -OCH3 is 1. The first kappa shape index (κ1) is 17.2. The fourth-order valence-electron chi connectivity index (χ4n) is 2.26. The van der Waals surface area contributed by atoms with Crippen molar-refractivity contribution in [1.82, 2.24) is 8.61 Å². The van der Waals surface area contributed by atoms with Crippen molar-refractivity contribution in [3.05, 3.63) is 24.3 Å². The third-order valence-corrected chi connectivity index (χ3v) is 6.47. The van der Waals surface area contributed by atoms with Crippen molar-refractivity contribution in [1.29, 1.82) is 0 Å². The van der Waals surface area contributed by atoms with Crippen LogP contribution in [0.2, 0.25) is 0 Å². The van der Waals surface area contributed by atoms with Gasteiger partial charge < -0.3 is 4.74 Å². The van der Waals surface area contributed by atoms with Crippen LogP contribution in [0.15, 0.2) is 29.2 Å². The lowest BCUT2D eigenvalue weighted by Gasteiger charge is -2.20. The fourth-order valence-corrected chi connectivity index (χ4v) is 4.45. The zero-order valence-corrected chi connectivity index (χ0v) is 13.8. The molecule has 0 aromatic heterocycles. The van der Waals surface area contributed by atoms with Crippen LogP contribution in [0.5, 0.6) is 5.75 Å². The van der Waals surface area contributed by atoms with Crippen LogP contribution in [0.1, 0.15) is 6.42 Å². The van der Waals surface area contributed by atoms with Gasteiger partial charge >= 0.3 is 0 Å². The van der Waals surface area contributed by atoms with Gasteiger partial charge in [0.2, 0.25) is 10.0 Å². The van der Waals surface area contributed by atoms with Crippen molar-refractivity contribution in [2.75, 3.05) is 33.3 Å². The predicted octanol–water partition coefficient (Wildman–Crippen LogP) is -0.405. The molecule has 0 aliphatic carbocycles. The van der Waals surface area contributed by atoms with E-state index in [1.807, 2.05) is 0 Å². The van der Waals surface area contributed by atoms with Crippen molar-refractivity contribution in [3.8, 4) is 5.75 Å². The molecule has 0 bridgehead atoms. The van der Waals surface area contributed by atoms with Gasteiger partial charge in [-0.05, 0) is 30.7 Å². The number of benzene rings is 1. The number of rotatable bonds is 4. The van der Waals surface area contributed by atoms with E-state index in [0.29, 0.717) is 12.2 Å². The third-order valence-electron chi connectivity index (χ3n) is 3.47. The first-order valence-corrected chi connectivity index (χ1v) is 9.61. The summed E-state index contributed by atoms with van der Waals surface area (Å²) in [6.07, 6.45) is 0.395. The van der Waals surface area contributed by atoms with E-state index in [0.717, 1.165) is 4.31 Å². The molecule has 22 heavy (non-hydrogen) atoms. The van der Waals surface area contributed by atoms with Gasteiger partial charge in [-0.2, -0.15) is 17.0 Å². The lowest BCUT2D eigenvalue weighted by atomic mass is 10.3.